The maximum Gasteiger partial charge on any atom is 0.229 e. The molecule has 2 atom stereocenters. The Bertz CT molecular complexity index is 471. The lowest BCUT2D eigenvalue weighted by molar-refractivity contribution is -0.129. The summed E-state index contributed by atoms with van der Waals surface area (Å²) in [5, 5.41) is 0. The summed E-state index contributed by atoms with van der Waals surface area (Å²) in [5.41, 5.74) is 0. The number of hydrogen-bond donors (Lipinski definition) is 0. The van der Waals surface area contributed by atoms with E-state index >= 15 is 0 Å². The van der Waals surface area contributed by atoms with Crippen molar-refractivity contribution in [2.45, 2.75) is 89.9 Å². The lowest BCUT2D eigenvalue weighted by Crippen LogP contribution is -2.21. The van der Waals surface area contributed by atoms with Crippen LogP contribution in [0.2, 0.25) is 0 Å². The minimum atomic E-state index is 0.248. The van der Waals surface area contributed by atoms with Gasteiger partial charge in [-0.05, 0) is 38.1 Å². The van der Waals surface area contributed by atoms with Crippen molar-refractivity contribution >= 4 is 11.8 Å². The maximum absolute atomic E-state index is 12.0. The van der Waals surface area contributed by atoms with Crippen molar-refractivity contribution in [2.75, 3.05) is 13.1 Å². The Morgan fingerprint density at radius 3 is 1.25 bits per heavy atom. The SMILES string of the molecule is C=CN1CCC(CCCCCCCCCCCCC2CCN(C=C)C2=O)C1=O. The Balaban J connectivity index is 1.34. The molecule has 0 N–H and O–H groups in total. The molecule has 4 nitrogen and oxygen atoms in total. The van der Waals surface area contributed by atoms with Crippen LogP contribution in [0, 0.1) is 11.8 Å². The molecule has 2 aliphatic rings. The van der Waals surface area contributed by atoms with Crippen LogP contribution in [-0.4, -0.2) is 34.7 Å². The molecule has 2 unspecified atom stereocenters. The topological polar surface area (TPSA) is 40.6 Å². The van der Waals surface area contributed by atoms with Crippen molar-refractivity contribution in [1.82, 2.24) is 9.80 Å². The second-order valence-corrected chi connectivity index (χ2v) is 8.51. The van der Waals surface area contributed by atoms with Crippen LogP contribution in [-0.2, 0) is 9.59 Å². The summed E-state index contributed by atoms with van der Waals surface area (Å²) in [6.07, 6.45) is 20.3. The third kappa shape index (κ3) is 7.10. The van der Waals surface area contributed by atoms with Gasteiger partial charge in [-0.25, -0.2) is 0 Å². The number of carbonyl (C=O) groups is 2. The first kappa shape index (κ1) is 22.7. The zero-order valence-corrected chi connectivity index (χ0v) is 17.7. The zero-order chi connectivity index (χ0) is 20.2. The van der Waals surface area contributed by atoms with E-state index in [9.17, 15) is 9.59 Å². The van der Waals surface area contributed by atoms with Crippen molar-refractivity contribution in [1.29, 1.82) is 0 Å². The highest BCUT2D eigenvalue weighted by Gasteiger charge is 2.29. The monoisotopic (exact) mass is 388 g/mol. The van der Waals surface area contributed by atoms with Crippen LogP contribution in [0.25, 0.3) is 0 Å². The highest BCUT2D eigenvalue weighted by Crippen LogP contribution is 2.25. The predicted molar refractivity (Wildman–Crippen MR) is 115 cm³/mol. The summed E-state index contributed by atoms with van der Waals surface area (Å²) in [6.45, 7) is 9.12. The van der Waals surface area contributed by atoms with E-state index in [1.165, 1.54) is 64.2 Å². The summed E-state index contributed by atoms with van der Waals surface area (Å²) in [6, 6.07) is 0. The number of likely N-dealkylation sites (tertiary alicyclic amines) is 2. The molecule has 0 bridgehead atoms. The van der Waals surface area contributed by atoms with E-state index in [0.717, 1.165) is 38.8 Å². The van der Waals surface area contributed by atoms with Crippen molar-refractivity contribution in [3.8, 4) is 0 Å². The van der Waals surface area contributed by atoms with Crippen molar-refractivity contribution in [3.63, 3.8) is 0 Å². The van der Waals surface area contributed by atoms with Gasteiger partial charge in [-0.1, -0.05) is 77.4 Å². The quantitative estimate of drug-likeness (QED) is 0.340. The van der Waals surface area contributed by atoms with E-state index in [0.29, 0.717) is 0 Å². The van der Waals surface area contributed by atoms with Crippen LogP contribution in [0.1, 0.15) is 89.9 Å². The minimum absolute atomic E-state index is 0.248. The Kier molecular flexibility index (Phi) is 10.4. The van der Waals surface area contributed by atoms with Gasteiger partial charge < -0.3 is 9.80 Å². The second kappa shape index (κ2) is 12.8. The molecular weight excluding hydrogens is 348 g/mol. The van der Waals surface area contributed by atoms with Crippen LogP contribution in [0.15, 0.2) is 25.6 Å². The van der Waals surface area contributed by atoms with Crippen LogP contribution in [0.5, 0.6) is 0 Å². The molecule has 2 fully saturated rings. The molecule has 2 aliphatic heterocycles. The van der Waals surface area contributed by atoms with Crippen LogP contribution in [0.3, 0.4) is 0 Å². The molecule has 2 saturated heterocycles. The van der Waals surface area contributed by atoms with Crippen molar-refractivity contribution in [3.05, 3.63) is 25.6 Å². The number of carbonyl (C=O) groups excluding carboxylic acids is 2. The first-order valence-electron chi connectivity index (χ1n) is 11.5. The van der Waals surface area contributed by atoms with Crippen LogP contribution >= 0.6 is 0 Å². The average Bonchev–Trinajstić information content (AvgIpc) is 3.24. The highest BCUT2D eigenvalue weighted by atomic mass is 16.2. The van der Waals surface area contributed by atoms with E-state index in [2.05, 4.69) is 13.2 Å². The normalized spacial score (nSPS) is 22.3. The molecule has 158 valence electrons. The van der Waals surface area contributed by atoms with E-state index < -0.39 is 0 Å². The molecule has 0 aromatic rings. The lowest BCUT2D eigenvalue weighted by atomic mass is 9.98. The molecule has 0 radical (unpaired) electrons. The number of hydrogen-bond acceptors (Lipinski definition) is 2. The maximum atomic E-state index is 12.0. The molecule has 2 rings (SSSR count). The molecule has 28 heavy (non-hydrogen) atoms. The summed E-state index contributed by atoms with van der Waals surface area (Å²) < 4.78 is 0. The molecule has 0 aliphatic carbocycles. The first-order chi connectivity index (χ1) is 13.7. The smallest absolute Gasteiger partial charge is 0.229 e. The summed E-state index contributed by atoms with van der Waals surface area (Å²) in [4.78, 5) is 27.5. The number of rotatable bonds is 15. The van der Waals surface area contributed by atoms with Gasteiger partial charge in [0.2, 0.25) is 11.8 Å². The molecule has 0 aromatic carbocycles. The second-order valence-electron chi connectivity index (χ2n) is 8.51. The highest BCUT2D eigenvalue weighted by molar-refractivity contribution is 5.82. The van der Waals surface area contributed by atoms with Gasteiger partial charge in [0, 0.05) is 24.9 Å². The van der Waals surface area contributed by atoms with Gasteiger partial charge in [0.05, 0.1) is 0 Å². The number of unbranched alkanes of at least 4 members (excludes halogenated alkanes) is 9. The molecule has 0 spiro atoms. The Labute approximate surface area is 172 Å². The van der Waals surface area contributed by atoms with Gasteiger partial charge in [0.1, 0.15) is 0 Å². The molecular formula is C24H40N2O2. The summed E-state index contributed by atoms with van der Waals surface area (Å²) in [7, 11) is 0. The van der Waals surface area contributed by atoms with E-state index in [-0.39, 0.29) is 23.7 Å². The van der Waals surface area contributed by atoms with E-state index in [1.807, 2.05) is 0 Å². The molecule has 2 heterocycles. The molecule has 4 heteroatoms. The molecule has 0 aromatic heterocycles. The third-order valence-electron chi connectivity index (χ3n) is 6.50. The summed E-state index contributed by atoms with van der Waals surface area (Å²) >= 11 is 0. The standard InChI is InChI=1S/C24H40N2O2/c1-3-25-19-17-21(23(25)27)15-13-11-9-7-5-6-8-10-12-14-16-22-18-20-26(4-2)24(22)28/h3-4,21-22H,1-2,5-20H2. The van der Waals surface area contributed by atoms with Gasteiger partial charge in [0.15, 0.2) is 0 Å². The lowest BCUT2D eigenvalue weighted by Gasteiger charge is -2.11. The Morgan fingerprint density at radius 1 is 0.643 bits per heavy atom. The van der Waals surface area contributed by atoms with Crippen LogP contribution in [0.4, 0.5) is 0 Å². The Hall–Kier alpha value is -1.58. The fraction of sp³-hybridized carbons (Fsp3) is 0.750. The fourth-order valence-electron chi connectivity index (χ4n) is 4.62. The van der Waals surface area contributed by atoms with E-state index in [1.54, 1.807) is 22.2 Å². The molecule has 2 amide bonds. The fourth-order valence-corrected chi connectivity index (χ4v) is 4.62. The Morgan fingerprint density at radius 2 is 0.964 bits per heavy atom. The van der Waals surface area contributed by atoms with Gasteiger partial charge >= 0.3 is 0 Å². The minimum Gasteiger partial charge on any atom is -0.319 e. The van der Waals surface area contributed by atoms with Gasteiger partial charge in [0.25, 0.3) is 0 Å². The van der Waals surface area contributed by atoms with Crippen LogP contribution < -0.4 is 0 Å². The average molecular weight is 389 g/mol. The van der Waals surface area contributed by atoms with Crippen molar-refractivity contribution in [2.24, 2.45) is 11.8 Å². The summed E-state index contributed by atoms with van der Waals surface area (Å²) in [5.74, 6) is 1.06. The molecule has 0 saturated carbocycles. The number of amides is 2. The van der Waals surface area contributed by atoms with Crippen molar-refractivity contribution < 1.29 is 9.59 Å². The zero-order valence-electron chi connectivity index (χ0n) is 17.7. The first-order valence-corrected chi connectivity index (χ1v) is 11.5. The van der Waals surface area contributed by atoms with E-state index in [4.69, 9.17) is 0 Å². The van der Waals surface area contributed by atoms with Gasteiger partial charge in [-0.3, -0.25) is 9.59 Å². The third-order valence-corrected chi connectivity index (χ3v) is 6.50. The number of nitrogens with zero attached hydrogens (tertiary/aromatic N) is 2. The largest absolute Gasteiger partial charge is 0.319 e. The van der Waals surface area contributed by atoms with Gasteiger partial charge in [-0.2, -0.15) is 0 Å². The van der Waals surface area contributed by atoms with Gasteiger partial charge in [-0.15, -0.1) is 0 Å². The predicted octanol–water partition coefficient (Wildman–Crippen LogP) is 5.65.